The van der Waals surface area contributed by atoms with Crippen molar-refractivity contribution in [1.82, 2.24) is 10.0 Å². The van der Waals surface area contributed by atoms with Gasteiger partial charge in [-0.05, 0) is 75.2 Å². The van der Waals surface area contributed by atoms with E-state index >= 15 is 0 Å². The van der Waals surface area contributed by atoms with E-state index in [0.717, 1.165) is 15.6 Å². The van der Waals surface area contributed by atoms with Gasteiger partial charge < -0.3 is 0 Å². The Hall–Kier alpha value is -2.96. The minimum Gasteiger partial charge on any atom is -0.292 e. The molecule has 170 valence electrons. The highest BCUT2D eigenvalue weighted by Gasteiger charge is 2.53. The first kappa shape index (κ1) is 23.2. The summed E-state index contributed by atoms with van der Waals surface area (Å²) in [7, 11) is 0. The topological polar surface area (TPSA) is 74.8 Å². The van der Waals surface area contributed by atoms with Crippen LogP contribution in [0.25, 0.3) is 0 Å². The van der Waals surface area contributed by atoms with Gasteiger partial charge in [0.1, 0.15) is 6.04 Å². The van der Waals surface area contributed by atoms with Crippen molar-refractivity contribution in [3.63, 3.8) is 0 Å². The number of hydrogen-bond acceptors (Lipinski definition) is 4. The lowest BCUT2D eigenvalue weighted by Gasteiger charge is -2.34. The molecule has 1 fully saturated rings. The highest BCUT2D eigenvalue weighted by atomic mass is 35.5. The molecule has 3 atom stereocenters. The number of hydrazine groups is 1. The molecular weight excluding hydrogens is 463 g/mol. The van der Waals surface area contributed by atoms with Gasteiger partial charge in [-0.25, -0.2) is 5.01 Å². The summed E-state index contributed by atoms with van der Waals surface area (Å²) in [6, 6.07) is 11.2. The Balaban J connectivity index is 1.74. The van der Waals surface area contributed by atoms with Crippen LogP contribution in [-0.2, 0) is 9.59 Å². The SMILES string of the molecule is CC1=CC[C@@H]2C(=O)N(N(C(=O)c3ccc(Cl)cc3)[C@@H](C)C(=O)c3ccc(Cl)cc3)C(=O)[C@H]2C1. The number of allylic oxidation sites excluding steroid dienone is 2. The first-order valence-electron chi connectivity index (χ1n) is 10.6. The maximum atomic E-state index is 13.6. The summed E-state index contributed by atoms with van der Waals surface area (Å²) in [4.78, 5) is 53.6. The number of fused-ring (bicyclic) bond motifs is 1. The Kier molecular flexibility index (Phi) is 6.41. The number of benzene rings is 2. The fourth-order valence-corrected chi connectivity index (χ4v) is 4.62. The molecule has 0 radical (unpaired) electrons. The average Bonchev–Trinajstić information content (AvgIpc) is 3.04. The molecule has 8 heteroatoms. The van der Waals surface area contributed by atoms with Gasteiger partial charge in [0.2, 0.25) is 0 Å². The zero-order valence-electron chi connectivity index (χ0n) is 18.1. The van der Waals surface area contributed by atoms with Crippen LogP contribution in [0.4, 0.5) is 0 Å². The lowest BCUT2D eigenvalue weighted by molar-refractivity contribution is -0.156. The largest absolute Gasteiger partial charge is 0.292 e. The number of amides is 3. The zero-order valence-corrected chi connectivity index (χ0v) is 19.6. The molecule has 1 aliphatic heterocycles. The quantitative estimate of drug-likeness (QED) is 0.341. The van der Waals surface area contributed by atoms with Crippen LogP contribution in [-0.4, -0.2) is 39.6 Å². The van der Waals surface area contributed by atoms with Crippen molar-refractivity contribution in [2.24, 2.45) is 11.8 Å². The molecule has 1 heterocycles. The van der Waals surface area contributed by atoms with Gasteiger partial charge in [0.25, 0.3) is 17.7 Å². The number of nitrogens with zero attached hydrogens (tertiary/aromatic N) is 2. The summed E-state index contributed by atoms with van der Waals surface area (Å²) >= 11 is 11.9. The van der Waals surface area contributed by atoms with Gasteiger partial charge in [0.15, 0.2) is 5.78 Å². The molecule has 3 amide bonds. The summed E-state index contributed by atoms with van der Waals surface area (Å²) < 4.78 is 0. The Labute approximate surface area is 201 Å². The Morgan fingerprint density at radius 1 is 0.909 bits per heavy atom. The molecule has 2 aliphatic rings. The van der Waals surface area contributed by atoms with Gasteiger partial charge in [-0.1, -0.05) is 34.9 Å². The summed E-state index contributed by atoms with van der Waals surface area (Å²) in [6.45, 7) is 3.43. The zero-order chi connectivity index (χ0) is 23.9. The third-order valence-electron chi connectivity index (χ3n) is 6.19. The molecule has 1 saturated heterocycles. The van der Waals surface area contributed by atoms with Crippen LogP contribution in [0.3, 0.4) is 0 Å². The Bertz CT molecular complexity index is 1160. The fourth-order valence-electron chi connectivity index (χ4n) is 4.36. The van der Waals surface area contributed by atoms with Gasteiger partial charge in [-0.3, -0.25) is 19.2 Å². The maximum absolute atomic E-state index is 13.6. The lowest BCUT2D eigenvalue weighted by atomic mass is 9.82. The monoisotopic (exact) mass is 484 g/mol. The van der Waals surface area contributed by atoms with E-state index in [9.17, 15) is 19.2 Å². The molecule has 1 aliphatic carbocycles. The number of imide groups is 1. The van der Waals surface area contributed by atoms with E-state index in [-0.39, 0.29) is 5.56 Å². The molecule has 2 aromatic rings. The molecule has 0 N–H and O–H groups in total. The number of carbonyl (C=O) groups excluding carboxylic acids is 4. The van der Waals surface area contributed by atoms with E-state index in [1.165, 1.54) is 19.1 Å². The first-order valence-corrected chi connectivity index (χ1v) is 11.4. The van der Waals surface area contributed by atoms with Gasteiger partial charge in [0.05, 0.1) is 11.8 Å². The lowest BCUT2D eigenvalue weighted by Crippen LogP contribution is -2.56. The van der Waals surface area contributed by atoms with Gasteiger partial charge in [-0.15, -0.1) is 0 Å². The smallest absolute Gasteiger partial charge is 0.273 e. The van der Waals surface area contributed by atoms with Crippen LogP contribution in [0.2, 0.25) is 10.0 Å². The molecule has 6 nitrogen and oxygen atoms in total. The van der Waals surface area contributed by atoms with Crippen LogP contribution in [0.1, 0.15) is 47.4 Å². The van der Waals surface area contributed by atoms with E-state index < -0.39 is 41.4 Å². The van der Waals surface area contributed by atoms with E-state index in [2.05, 4.69) is 0 Å². The molecule has 0 bridgehead atoms. The normalized spacial score (nSPS) is 20.8. The van der Waals surface area contributed by atoms with Crippen LogP contribution >= 0.6 is 23.2 Å². The number of hydrogen-bond donors (Lipinski definition) is 0. The number of carbonyl (C=O) groups is 4. The van der Waals surface area contributed by atoms with E-state index in [1.807, 2.05) is 13.0 Å². The number of halogens is 2. The van der Waals surface area contributed by atoms with E-state index in [4.69, 9.17) is 23.2 Å². The number of rotatable bonds is 5. The van der Waals surface area contributed by atoms with Crippen LogP contribution in [0.5, 0.6) is 0 Å². The predicted molar refractivity (Wildman–Crippen MR) is 125 cm³/mol. The molecule has 33 heavy (non-hydrogen) atoms. The molecular formula is C25H22Cl2N2O4. The first-order chi connectivity index (χ1) is 15.7. The van der Waals surface area contributed by atoms with Crippen molar-refractivity contribution in [3.05, 3.63) is 81.4 Å². The van der Waals surface area contributed by atoms with E-state index in [0.29, 0.717) is 28.5 Å². The third-order valence-corrected chi connectivity index (χ3v) is 6.69. The second kappa shape index (κ2) is 9.12. The molecule has 0 saturated carbocycles. The van der Waals surface area contributed by atoms with Crippen molar-refractivity contribution < 1.29 is 19.2 Å². The second-order valence-electron chi connectivity index (χ2n) is 8.40. The predicted octanol–water partition coefficient (Wildman–Crippen LogP) is 4.96. The van der Waals surface area contributed by atoms with Crippen LogP contribution < -0.4 is 0 Å². The third kappa shape index (κ3) is 4.33. The van der Waals surface area contributed by atoms with E-state index in [1.54, 1.807) is 36.4 Å². The highest BCUT2D eigenvalue weighted by Crippen LogP contribution is 2.39. The highest BCUT2D eigenvalue weighted by molar-refractivity contribution is 6.31. The number of Topliss-reactive ketones (excluding diaryl/α,β-unsaturated/α-hetero) is 1. The van der Waals surface area contributed by atoms with Crippen molar-refractivity contribution in [2.45, 2.75) is 32.7 Å². The molecule has 0 unspecified atom stereocenters. The molecule has 4 rings (SSSR count). The minimum atomic E-state index is -1.11. The number of ketones is 1. The van der Waals surface area contributed by atoms with Gasteiger partial charge in [0, 0.05) is 21.2 Å². The van der Waals surface area contributed by atoms with Crippen LogP contribution in [0.15, 0.2) is 60.2 Å². The summed E-state index contributed by atoms with van der Waals surface area (Å²) in [5.41, 5.74) is 1.55. The van der Waals surface area contributed by atoms with Crippen LogP contribution in [0, 0.1) is 11.8 Å². The summed E-state index contributed by atoms with van der Waals surface area (Å²) in [5.74, 6) is -3.06. The Morgan fingerprint density at radius 2 is 1.42 bits per heavy atom. The van der Waals surface area contributed by atoms with Crippen molar-refractivity contribution >= 4 is 46.7 Å². The molecule has 0 aromatic heterocycles. The summed E-state index contributed by atoms with van der Waals surface area (Å²) in [5, 5.41) is 2.78. The molecule has 0 spiro atoms. The molecule has 2 aromatic carbocycles. The standard InChI is InChI=1S/C25H22Cl2N2O4/c1-14-3-12-20-21(13-14)25(33)29(24(20)32)28(23(31)17-6-10-19(27)11-7-17)15(2)22(30)16-4-8-18(26)9-5-16/h3-11,15,20-21H,12-13H2,1-2H3/t15-,20-,21-/m0/s1. The minimum absolute atomic E-state index is 0.208. The fraction of sp³-hybridized carbons (Fsp3) is 0.280. The van der Waals surface area contributed by atoms with Crippen molar-refractivity contribution in [2.75, 3.05) is 0 Å². The second-order valence-corrected chi connectivity index (χ2v) is 9.27. The average molecular weight is 485 g/mol. The Morgan fingerprint density at radius 3 is 2.00 bits per heavy atom. The van der Waals surface area contributed by atoms with Gasteiger partial charge in [-0.2, -0.15) is 5.01 Å². The van der Waals surface area contributed by atoms with Crippen molar-refractivity contribution in [3.8, 4) is 0 Å². The van der Waals surface area contributed by atoms with Crippen molar-refractivity contribution in [1.29, 1.82) is 0 Å². The summed E-state index contributed by atoms with van der Waals surface area (Å²) in [6.07, 6.45) is 2.83. The maximum Gasteiger partial charge on any atom is 0.273 e. The van der Waals surface area contributed by atoms with Gasteiger partial charge >= 0.3 is 0 Å².